The summed E-state index contributed by atoms with van der Waals surface area (Å²) in [5, 5.41) is 0. The summed E-state index contributed by atoms with van der Waals surface area (Å²) in [6.45, 7) is 4.55. The number of hydrogen-bond donors (Lipinski definition) is 0. The van der Waals surface area contributed by atoms with Crippen molar-refractivity contribution in [3.05, 3.63) is 71.8 Å². The summed E-state index contributed by atoms with van der Waals surface area (Å²) in [5.74, 6) is 0.302. The van der Waals surface area contributed by atoms with Gasteiger partial charge in [0, 0.05) is 11.8 Å². The van der Waals surface area contributed by atoms with Gasteiger partial charge >= 0.3 is 0 Å². The molecule has 154 valence electrons. The Labute approximate surface area is 173 Å². The highest BCUT2D eigenvalue weighted by molar-refractivity contribution is 5.17. The van der Waals surface area contributed by atoms with E-state index in [1.165, 1.54) is 24.0 Å². The molecular weight excluding hydrogens is 364 g/mol. The molecule has 4 nitrogen and oxygen atoms in total. The maximum absolute atomic E-state index is 6.59. The van der Waals surface area contributed by atoms with Crippen molar-refractivity contribution in [2.45, 2.75) is 57.4 Å². The zero-order valence-electron chi connectivity index (χ0n) is 17.1. The Kier molecular flexibility index (Phi) is 5.21. The second-order valence-corrected chi connectivity index (χ2v) is 8.92. The van der Waals surface area contributed by atoms with Gasteiger partial charge in [0.15, 0.2) is 5.79 Å². The first-order chi connectivity index (χ1) is 14.2. The van der Waals surface area contributed by atoms with Crippen molar-refractivity contribution in [1.82, 2.24) is 0 Å². The van der Waals surface area contributed by atoms with Crippen LogP contribution in [0.2, 0.25) is 0 Å². The second kappa shape index (κ2) is 7.84. The Morgan fingerprint density at radius 2 is 1.34 bits per heavy atom. The Hall–Kier alpha value is -1.72. The van der Waals surface area contributed by atoms with Crippen LogP contribution in [-0.2, 0) is 32.2 Å². The summed E-state index contributed by atoms with van der Waals surface area (Å²) >= 11 is 0. The molecule has 29 heavy (non-hydrogen) atoms. The van der Waals surface area contributed by atoms with E-state index in [0.717, 1.165) is 12.3 Å². The third-order valence-corrected chi connectivity index (χ3v) is 6.99. The highest BCUT2D eigenvalue weighted by atomic mass is 16.8. The van der Waals surface area contributed by atoms with Gasteiger partial charge in [-0.3, -0.25) is 0 Å². The van der Waals surface area contributed by atoms with Crippen LogP contribution in [0.5, 0.6) is 0 Å². The first kappa shape index (κ1) is 19.3. The maximum atomic E-state index is 6.59. The number of benzene rings is 2. The minimum atomic E-state index is -0.445. The van der Waals surface area contributed by atoms with Crippen LogP contribution < -0.4 is 0 Å². The predicted octanol–water partition coefficient (Wildman–Crippen LogP) is 4.72. The standard InChI is InChI=1S/C25H30O4/c1-24-14-21(24)12-13-25(24)28-22(17-26-15-19-8-4-2-5-9-19)23(29-25)18-27-16-20-10-6-3-7-11-20/h2-11,21-23H,12-18H2,1H3/t21-,22-,23-,24+/m0/s1. The van der Waals surface area contributed by atoms with Gasteiger partial charge < -0.3 is 18.9 Å². The van der Waals surface area contributed by atoms with E-state index in [9.17, 15) is 0 Å². The maximum Gasteiger partial charge on any atom is 0.175 e. The molecule has 1 heterocycles. The monoisotopic (exact) mass is 394 g/mol. The molecule has 5 rings (SSSR count). The zero-order valence-corrected chi connectivity index (χ0v) is 17.1. The van der Waals surface area contributed by atoms with Crippen molar-refractivity contribution in [2.75, 3.05) is 13.2 Å². The van der Waals surface area contributed by atoms with E-state index in [-0.39, 0.29) is 17.6 Å². The zero-order chi connectivity index (χ0) is 19.7. The lowest BCUT2D eigenvalue weighted by molar-refractivity contribution is -0.216. The van der Waals surface area contributed by atoms with Gasteiger partial charge in [0.25, 0.3) is 0 Å². The average molecular weight is 395 g/mol. The van der Waals surface area contributed by atoms with Gasteiger partial charge in [-0.2, -0.15) is 0 Å². The number of hydrogen-bond acceptors (Lipinski definition) is 4. The fourth-order valence-corrected chi connectivity index (χ4v) is 5.06. The molecule has 3 aliphatic rings. The Morgan fingerprint density at radius 3 is 1.76 bits per heavy atom. The SMILES string of the molecule is C[C@@]12C[C@@H]1CCC21O[C@@H](COCc2ccccc2)[C@H](COCc2ccccc2)O1. The van der Waals surface area contributed by atoms with E-state index in [1.807, 2.05) is 36.4 Å². The molecule has 1 aliphatic heterocycles. The van der Waals surface area contributed by atoms with Crippen molar-refractivity contribution in [2.24, 2.45) is 11.3 Å². The lowest BCUT2D eigenvalue weighted by Gasteiger charge is -2.31. The highest BCUT2D eigenvalue weighted by Crippen LogP contribution is 2.71. The van der Waals surface area contributed by atoms with Crippen LogP contribution >= 0.6 is 0 Å². The van der Waals surface area contributed by atoms with Crippen molar-refractivity contribution in [1.29, 1.82) is 0 Å². The summed E-state index contributed by atoms with van der Waals surface area (Å²) in [4.78, 5) is 0. The molecule has 2 saturated carbocycles. The summed E-state index contributed by atoms with van der Waals surface area (Å²) in [6, 6.07) is 20.5. The van der Waals surface area contributed by atoms with Gasteiger partial charge in [-0.1, -0.05) is 67.6 Å². The lowest BCUT2D eigenvalue weighted by atomic mass is 9.99. The summed E-state index contributed by atoms with van der Waals surface area (Å²) in [6.07, 6.45) is 3.21. The van der Waals surface area contributed by atoms with Crippen LogP contribution in [0, 0.1) is 11.3 Å². The summed E-state index contributed by atoms with van der Waals surface area (Å²) in [7, 11) is 0. The molecule has 0 radical (unpaired) electrons. The minimum Gasteiger partial charge on any atom is -0.374 e. The molecule has 0 amide bonds. The van der Waals surface area contributed by atoms with E-state index in [2.05, 4.69) is 31.2 Å². The van der Waals surface area contributed by atoms with Crippen molar-refractivity contribution < 1.29 is 18.9 Å². The second-order valence-electron chi connectivity index (χ2n) is 8.92. The fraction of sp³-hybridized carbons (Fsp3) is 0.520. The normalized spacial score (nSPS) is 31.8. The van der Waals surface area contributed by atoms with Gasteiger partial charge in [0.05, 0.1) is 26.4 Å². The molecule has 1 spiro atoms. The third-order valence-electron chi connectivity index (χ3n) is 6.99. The molecule has 4 heteroatoms. The third kappa shape index (κ3) is 3.75. The van der Waals surface area contributed by atoms with Crippen LogP contribution in [-0.4, -0.2) is 31.2 Å². The molecule has 2 aromatic carbocycles. The molecule has 4 atom stereocenters. The van der Waals surface area contributed by atoms with E-state index < -0.39 is 5.79 Å². The Bertz CT molecular complexity index is 753. The molecular formula is C25H30O4. The van der Waals surface area contributed by atoms with Crippen LogP contribution in [0.15, 0.2) is 60.7 Å². The van der Waals surface area contributed by atoms with Gasteiger partial charge in [-0.05, 0) is 29.9 Å². The fourth-order valence-electron chi connectivity index (χ4n) is 5.06. The molecule has 1 saturated heterocycles. The van der Waals surface area contributed by atoms with Gasteiger partial charge in [-0.25, -0.2) is 0 Å². The molecule has 0 aromatic heterocycles. The van der Waals surface area contributed by atoms with E-state index >= 15 is 0 Å². The van der Waals surface area contributed by atoms with E-state index in [0.29, 0.717) is 26.4 Å². The molecule has 0 N–H and O–H groups in total. The number of rotatable bonds is 8. The Morgan fingerprint density at radius 1 is 0.828 bits per heavy atom. The quantitative estimate of drug-likeness (QED) is 0.649. The first-order valence-electron chi connectivity index (χ1n) is 10.8. The van der Waals surface area contributed by atoms with E-state index in [1.54, 1.807) is 0 Å². The highest BCUT2D eigenvalue weighted by Gasteiger charge is 2.72. The van der Waals surface area contributed by atoms with Crippen molar-refractivity contribution in [3.8, 4) is 0 Å². The van der Waals surface area contributed by atoms with Crippen LogP contribution in [0.3, 0.4) is 0 Å². The smallest absolute Gasteiger partial charge is 0.175 e. The van der Waals surface area contributed by atoms with Crippen LogP contribution in [0.4, 0.5) is 0 Å². The van der Waals surface area contributed by atoms with Gasteiger partial charge in [0.2, 0.25) is 0 Å². The minimum absolute atomic E-state index is 0.0920. The average Bonchev–Trinajstić information content (AvgIpc) is 3.20. The van der Waals surface area contributed by atoms with Crippen molar-refractivity contribution >= 4 is 0 Å². The van der Waals surface area contributed by atoms with Crippen LogP contribution in [0.25, 0.3) is 0 Å². The summed E-state index contributed by atoms with van der Waals surface area (Å²) in [5.41, 5.74) is 2.51. The van der Waals surface area contributed by atoms with Gasteiger partial charge in [0.1, 0.15) is 12.2 Å². The van der Waals surface area contributed by atoms with E-state index in [4.69, 9.17) is 18.9 Å². The topological polar surface area (TPSA) is 36.9 Å². The Balaban J connectivity index is 1.21. The number of ether oxygens (including phenoxy) is 4. The largest absolute Gasteiger partial charge is 0.374 e. The summed E-state index contributed by atoms with van der Waals surface area (Å²) < 4.78 is 25.2. The lowest BCUT2D eigenvalue weighted by Crippen LogP contribution is -2.38. The van der Waals surface area contributed by atoms with Gasteiger partial charge in [-0.15, -0.1) is 0 Å². The molecule has 2 aromatic rings. The van der Waals surface area contributed by atoms with Crippen molar-refractivity contribution in [3.63, 3.8) is 0 Å². The number of fused-ring (bicyclic) bond motifs is 2. The molecule has 3 fully saturated rings. The predicted molar refractivity (Wildman–Crippen MR) is 110 cm³/mol. The van der Waals surface area contributed by atoms with Crippen LogP contribution in [0.1, 0.15) is 37.3 Å². The molecule has 0 unspecified atom stereocenters. The molecule has 0 bridgehead atoms. The molecule has 2 aliphatic carbocycles. The first-order valence-corrected chi connectivity index (χ1v) is 10.8.